The van der Waals surface area contributed by atoms with Crippen molar-refractivity contribution in [2.24, 2.45) is 0 Å². The van der Waals surface area contributed by atoms with Crippen molar-refractivity contribution < 1.29 is 5.11 Å². The van der Waals surface area contributed by atoms with Gasteiger partial charge in [-0.25, -0.2) is 4.98 Å². The Kier molecular flexibility index (Phi) is 3.64. The summed E-state index contributed by atoms with van der Waals surface area (Å²) >= 11 is 3.42. The number of hydrogen-bond acceptors (Lipinski definition) is 3. The molecule has 1 heterocycles. The molecule has 0 saturated carbocycles. The second-order valence-electron chi connectivity index (χ2n) is 3.78. The highest BCUT2D eigenvalue weighted by Gasteiger charge is 1.99. The Morgan fingerprint density at radius 1 is 1.18 bits per heavy atom. The number of rotatable bonds is 3. The molecule has 1 aromatic heterocycles. The van der Waals surface area contributed by atoms with Crippen LogP contribution in [0.1, 0.15) is 11.3 Å². The van der Waals surface area contributed by atoms with Crippen molar-refractivity contribution in [2.45, 2.75) is 13.5 Å². The number of benzene rings is 1. The van der Waals surface area contributed by atoms with Gasteiger partial charge in [-0.2, -0.15) is 0 Å². The van der Waals surface area contributed by atoms with Crippen molar-refractivity contribution in [1.82, 2.24) is 4.98 Å². The molecule has 0 aliphatic carbocycles. The number of aromatic nitrogens is 1. The molecule has 0 bridgehead atoms. The smallest absolute Gasteiger partial charge is 0.126 e. The lowest BCUT2D eigenvalue weighted by atomic mass is 10.2. The Morgan fingerprint density at radius 3 is 2.53 bits per heavy atom. The molecular weight excluding hydrogens is 280 g/mol. The molecule has 0 atom stereocenters. The summed E-state index contributed by atoms with van der Waals surface area (Å²) in [5.41, 5.74) is 2.06. The fourth-order valence-corrected chi connectivity index (χ4v) is 1.67. The summed E-state index contributed by atoms with van der Waals surface area (Å²) < 4.78 is 1.01. The van der Waals surface area contributed by atoms with Gasteiger partial charge in [0.2, 0.25) is 0 Å². The van der Waals surface area contributed by atoms with Crippen molar-refractivity contribution in [3.63, 3.8) is 0 Å². The minimum Gasteiger partial charge on any atom is -0.508 e. The third kappa shape index (κ3) is 3.20. The number of aromatic hydroxyl groups is 1. The lowest BCUT2D eigenvalue weighted by Gasteiger charge is -2.07. The third-order valence-corrected chi connectivity index (χ3v) is 3.27. The number of phenolic OH excluding ortho intramolecular Hbond substituents is 1. The Bertz CT molecular complexity index is 511. The summed E-state index contributed by atoms with van der Waals surface area (Å²) in [6.45, 7) is 2.64. The molecule has 1 aromatic carbocycles. The molecule has 0 aliphatic rings. The van der Waals surface area contributed by atoms with E-state index in [1.165, 1.54) is 0 Å². The number of anilines is 1. The van der Waals surface area contributed by atoms with Crippen LogP contribution in [0.15, 0.2) is 40.9 Å². The first kappa shape index (κ1) is 11.9. The van der Waals surface area contributed by atoms with E-state index in [1.807, 2.05) is 31.2 Å². The maximum absolute atomic E-state index is 9.17. The van der Waals surface area contributed by atoms with Crippen LogP contribution in [0.2, 0.25) is 0 Å². The SMILES string of the molecule is Cc1nc(NCc2ccc(O)cc2)ccc1Br. The monoisotopic (exact) mass is 292 g/mol. The zero-order valence-corrected chi connectivity index (χ0v) is 11.0. The fourth-order valence-electron chi connectivity index (χ4n) is 1.45. The van der Waals surface area contributed by atoms with Crippen LogP contribution >= 0.6 is 15.9 Å². The molecule has 0 unspecified atom stereocenters. The first-order valence-electron chi connectivity index (χ1n) is 5.30. The van der Waals surface area contributed by atoms with E-state index in [-0.39, 0.29) is 5.75 Å². The molecule has 2 rings (SSSR count). The number of halogens is 1. The number of pyridine rings is 1. The summed E-state index contributed by atoms with van der Waals surface area (Å²) in [5, 5.41) is 12.4. The van der Waals surface area contributed by atoms with Crippen molar-refractivity contribution in [3.05, 3.63) is 52.1 Å². The van der Waals surface area contributed by atoms with Crippen LogP contribution in [0.5, 0.6) is 5.75 Å². The van der Waals surface area contributed by atoms with E-state index < -0.39 is 0 Å². The van der Waals surface area contributed by atoms with Crippen molar-refractivity contribution in [2.75, 3.05) is 5.32 Å². The van der Waals surface area contributed by atoms with Gasteiger partial charge in [0.15, 0.2) is 0 Å². The highest BCUT2D eigenvalue weighted by Crippen LogP contribution is 2.17. The van der Waals surface area contributed by atoms with E-state index in [0.717, 1.165) is 21.5 Å². The van der Waals surface area contributed by atoms with Crippen LogP contribution < -0.4 is 5.32 Å². The third-order valence-electron chi connectivity index (χ3n) is 2.43. The number of hydrogen-bond donors (Lipinski definition) is 2. The predicted molar refractivity (Wildman–Crippen MR) is 72.1 cm³/mol. The largest absolute Gasteiger partial charge is 0.508 e. The molecule has 0 saturated heterocycles. The van der Waals surface area contributed by atoms with Crippen LogP contribution in [-0.4, -0.2) is 10.1 Å². The molecule has 2 N–H and O–H groups in total. The van der Waals surface area contributed by atoms with Crippen LogP contribution in [0.25, 0.3) is 0 Å². The molecule has 0 spiro atoms. The normalized spacial score (nSPS) is 10.2. The fraction of sp³-hybridized carbons (Fsp3) is 0.154. The highest BCUT2D eigenvalue weighted by molar-refractivity contribution is 9.10. The van der Waals surface area contributed by atoms with Gasteiger partial charge in [0.25, 0.3) is 0 Å². The molecule has 88 valence electrons. The second kappa shape index (κ2) is 5.19. The second-order valence-corrected chi connectivity index (χ2v) is 4.64. The molecule has 0 amide bonds. The van der Waals surface area contributed by atoms with Gasteiger partial charge in [-0.05, 0) is 52.7 Å². The van der Waals surface area contributed by atoms with Gasteiger partial charge < -0.3 is 10.4 Å². The average molecular weight is 293 g/mol. The van der Waals surface area contributed by atoms with Crippen molar-refractivity contribution in [1.29, 1.82) is 0 Å². The average Bonchev–Trinajstić information content (AvgIpc) is 2.33. The zero-order valence-electron chi connectivity index (χ0n) is 9.44. The minimum atomic E-state index is 0.284. The van der Waals surface area contributed by atoms with E-state index in [1.54, 1.807) is 12.1 Å². The van der Waals surface area contributed by atoms with Crippen LogP contribution in [0.3, 0.4) is 0 Å². The van der Waals surface area contributed by atoms with E-state index >= 15 is 0 Å². The van der Waals surface area contributed by atoms with Gasteiger partial charge in [0.05, 0.1) is 5.69 Å². The molecule has 17 heavy (non-hydrogen) atoms. The summed E-state index contributed by atoms with van der Waals surface area (Å²) in [5.74, 6) is 1.13. The quantitative estimate of drug-likeness (QED) is 0.910. The topological polar surface area (TPSA) is 45.2 Å². The van der Waals surface area contributed by atoms with Crippen LogP contribution in [-0.2, 0) is 6.54 Å². The minimum absolute atomic E-state index is 0.284. The first-order chi connectivity index (χ1) is 8.15. The number of nitrogens with zero attached hydrogens (tertiary/aromatic N) is 1. The van der Waals surface area contributed by atoms with Gasteiger partial charge in [-0.15, -0.1) is 0 Å². The van der Waals surface area contributed by atoms with Gasteiger partial charge in [0.1, 0.15) is 11.6 Å². The van der Waals surface area contributed by atoms with Crippen molar-refractivity contribution in [3.8, 4) is 5.75 Å². The summed E-state index contributed by atoms with van der Waals surface area (Å²) in [6.07, 6.45) is 0. The Morgan fingerprint density at radius 2 is 1.88 bits per heavy atom. The number of phenols is 1. The van der Waals surface area contributed by atoms with Gasteiger partial charge in [-0.3, -0.25) is 0 Å². The van der Waals surface area contributed by atoms with Crippen molar-refractivity contribution >= 4 is 21.7 Å². The first-order valence-corrected chi connectivity index (χ1v) is 6.09. The standard InChI is InChI=1S/C13H13BrN2O/c1-9-12(14)6-7-13(16-9)15-8-10-2-4-11(17)5-3-10/h2-7,17H,8H2,1H3,(H,15,16). The predicted octanol–water partition coefficient (Wildman–Crippen LogP) is 3.47. The summed E-state index contributed by atoms with van der Waals surface area (Å²) in [6, 6.07) is 11.0. The molecule has 3 nitrogen and oxygen atoms in total. The maximum atomic E-state index is 9.17. The van der Waals surface area contributed by atoms with E-state index in [9.17, 15) is 5.11 Å². The number of nitrogens with one attached hydrogen (secondary N) is 1. The van der Waals surface area contributed by atoms with E-state index in [2.05, 4.69) is 26.2 Å². The molecule has 2 aromatic rings. The van der Waals surface area contributed by atoms with Crippen LogP contribution in [0, 0.1) is 6.92 Å². The molecule has 0 aliphatic heterocycles. The van der Waals surface area contributed by atoms with Crippen LogP contribution in [0.4, 0.5) is 5.82 Å². The van der Waals surface area contributed by atoms with Gasteiger partial charge in [0, 0.05) is 11.0 Å². The summed E-state index contributed by atoms with van der Waals surface area (Å²) in [4.78, 5) is 4.40. The van der Waals surface area contributed by atoms with Gasteiger partial charge >= 0.3 is 0 Å². The van der Waals surface area contributed by atoms with Gasteiger partial charge in [-0.1, -0.05) is 12.1 Å². The lowest BCUT2D eigenvalue weighted by molar-refractivity contribution is 0.475. The maximum Gasteiger partial charge on any atom is 0.126 e. The van der Waals surface area contributed by atoms with E-state index in [4.69, 9.17) is 0 Å². The zero-order chi connectivity index (χ0) is 12.3. The highest BCUT2D eigenvalue weighted by atomic mass is 79.9. The Hall–Kier alpha value is -1.55. The lowest BCUT2D eigenvalue weighted by Crippen LogP contribution is -2.01. The number of aryl methyl sites for hydroxylation is 1. The summed E-state index contributed by atoms with van der Waals surface area (Å²) in [7, 11) is 0. The molecular formula is C13H13BrN2O. The van der Waals surface area contributed by atoms with E-state index in [0.29, 0.717) is 6.54 Å². The molecule has 0 fully saturated rings. The Labute approximate surface area is 109 Å². The molecule has 4 heteroatoms. The molecule has 0 radical (unpaired) electrons. The Balaban J connectivity index is 2.02.